The highest BCUT2D eigenvalue weighted by atomic mass is 127. The van der Waals surface area contributed by atoms with Crippen molar-refractivity contribution in [2.24, 2.45) is 0 Å². The monoisotopic (exact) mass is 329 g/mol. The van der Waals surface area contributed by atoms with Gasteiger partial charge in [-0.3, -0.25) is 0 Å². The maximum Gasteiger partial charge on any atom is 0.0876 e. The van der Waals surface area contributed by atoms with Gasteiger partial charge in [-0.15, -0.1) is 0 Å². The molecule has 2 nitrogen and oxygen atoms in total. The first-order chi connectivity index (χ1) is 7.83. The quantitative estimate of drug-likeness (QED) is 0.860. The molecule has 3 heteroatoms. The number of likely N-dealkylation sites (N-methyl/N-ethyl adjacent to an activating group) is 1. The lowest BCUT2D eigenvalue weighted by atomic mass is 9.95. The maximum atomic E-state index is 5.42. The van der Waals surface area contributed by atoms with Gasteiger partial charge in [-0.2, -0.15) is 0 Å². The van der Waals surface area contributed by atoms with Crippen LogP contribution < -0.4 is 5.32 Å². The fourth-order valence-corrected chi connectivity index (χ4v) is 2.75. The summed E-state index contributed by atoms with van der Waals surface area (Å²) in [5, 5.41) is 3.38. The summed E-state index contributed by atoms with van der Waals surface area (Å²) in [7, 11) is 2.00. The first-order valence-electron chi connectivity index (χ1n) is 5.55. The van der Waals surface area contributed by atoms with Gasteiger partial charge >= 0.3 is 0 Å². The molecule has 0 bridgehead atoms. The van der Waals surface area contributed by atoms with E-state index in [1.807, 2.05) is 13.3 Å². The average molecular weight is 329 g/mol. The molecule has 1 aliphatic heterocycles. The molecule has 1 aromatic carbocycles. The predicted molar refractivity (Wildman–Crippen MR) is 74.2 cm³/mol. The largest absolute Gasteiger partial charge is 0.501 e. The minimum Gasteiger partial charge on any atom is -0.501 e. The Morgan fingerprint density at radius 3 is 2.81 bits per heavy atom. The number of hydrogen-bond acceptors (Lipinski definition) is 2. The van der Waals surface area contributed by atoms with E-state index in [2.05, 4.69) is 52.2 Å². The highest BCUT2D eigenvalue weighted by molar-refractivity contribution is 14.1. The van der Waals surface area contributed by atoms with E-state index in [1.54, 1.807) is 0 Å². The number of ether oxygens (including phenoxy) is 1. The Balaban J connectivity index is 2.28. The van der Waals surface area contributed by atoms with Crippen LogP contribution in [0.4, 0.5) is 0 Å². The van der Waals surface area contributed by atoms with Crippen molar-refractivity contribution in [3.05, 3.63) is 45.2 Å². The van der Waals surface area contributed by atoms with Crippen molar-refractivity contribution in [3.8, 4) is 0 Å². The van der Waals surface area contributed by atoms with Crippen molar-refractivity contribution in [1.82, 2.24) is 5.32 Å². The number of nitrogens with one attached hydrogen (secondary N) is 1. The van der Waals surface area contributed by atoms with E-state index in [9.17, 15) is 0 Å². The maximum absolute atomic E-state index is 5.42. The molecule has 0 saturated heterocycles. The van der Waals surface area contributed by atoms with Gasteiger partial charge in [0.05, 0.1) is 18.9 Å². The van der Waals surface area contributed by atoms with Crippen molar-refractivity contribution in [2.45, 2.75) is 18.9 Å². The van der Waals surface area contributed by atoms with Crippen LogP contribution in [0.5, 0.6) is 0 Å². The highest BCUT2D eigenvalue weighted by Gasteiger charge is 2.18. The first kappa shape index (κ1) is 11.9. The average Bonchev–Trinajstić information content (AvgIpc) is 2.34. The molecule has 1 heterocycles. The fraction of sp³-hybridized carbons (Fsp3) is 0.385. The van der Waals surface area contributed by atoms with Gasteiger partial charge < -0.3 is 10.1 Å². The van der Waals surface area contributed by atoms with Crippen molar-refractivity contribution in [2.75, 3.05) is 13.7 Å². The Labute approximate surface area is 110 Å². The van der Waals surface area contributed by atoms with Gasteiger partial charge in [0, 0.05) is 3.57 Å². The fourth-order valence-electron chi connectivity index (χ4n) is 2.05. The van der Waals surface area contributed by atoms with Crippen molar-refractivity contribution in [1.29, 1.82) is 0 Å². The second-order valence-corrected chi connectivity index (χ2v) is 5.07. The number of rotatable bonds is 3. The second-order valence-electron chi connectivity index (χ2n) is 3.91. The van der Waals surface area contributed by atoms with E-state index >= 15 is 0 Å². The Morgan fingerprint density at radius 2 is 2.19 bits per heavy atom. The smallest absolute Gasteiger partial charge is 0.0876 e. The van der Waals surface area contributed by atoms with Gasteiger partial charge in [0.15, 0.2) is 0 Å². The third-order valence-corrected chi connectivity index (χ3v) is 3.82. The summed E-state index contributed by atoms with van der Waals surface area (Å²) in [4.78, 5) is 0. The molecule has 16 heavy (non-hydrogen) atoms. The SMILES string of the molecule is CNC(C1=COCCC1)c1ccccc1I. The van der Waals surface area contributed by atoms with Crippen LogP contribution in [0.2, 0.25) is 0 Å². The topological polar surface area (TPSA) is 21.3 Å². The van der Waals surface area contributed by atoms with E-state index < -0.39 is 0 Å². The molecule has 1 unspecified atom stereocenters. The van der Waals surface area contributed by atoms with E-state index in [0.717, 1.165) is 19.4 Å². The molecular weight excluding hydrogens is 313 g/mol. The molecule has 0 fully saturated rings. The van der Waals surface area contributed by atoms with E-state index in [-0.39, 0.29) is 6.04 Å². The lowest BCUT2D eigenvalue weighted by Gasteiger charge is -2.24. The van der Waals surface area contributed by atoms with E-state index in [1.165, 1.54) is 14.7 Å². The van der Waals surface area contributed by atoms with Gasteiger partial charge in [-0.05, 0) is 59.7 Å². The third-order valence-electron chi connectivity index (χ3n) is 2.84. The van der Waals surface area contributed by atoms with Gasteiger partial charge in [0.25, 0.3) is 0 Å². The number of benzene rings is 1. The highest BCUT2D eigenvalue weighted by Crippen LogP contribution is 2.29. The number of hydrogen-bond donors (Lipinski definition) is 1. The molecular formula is C13H16INO. The van der Waals surface area contributed by atoms with Crippen LogP contribution in [-0.4, -0.2) is 13.7 Å². The van der Waals surface area contributed by atoms with Crippen LogP contribution in [0.1, 0.15) is 24.4 Å². The van der Waals surface area contributed by atoms with Crippen LogP contribution in [0.15, 0.2) is 36.1 Å². The van der Waals surface area contributed by atoms with E-state index in [4.69, 9.17) is 4.74 Å². The summed E-state index contributed by atoms with van der Waals surface area (Å²) in [5.41, 5.74) is 2.68. The summed E-state index contributed by atoms with van der Waals surface area (Å²) >= 11 is 2.39. The number of halogens is 1. The minimum absolute atomic E-state index is 0.286. The molecule has 86 valence electrons. The first-order valence-corrected chi connectivity index (χ1v) is 6.63. The molecule has 2 rings (SSSR count). The van der Waals surface area contributed by atoms with E-state index in [0.29, 0.717) is 0 Å². The third kappa shape index (κ3) is 2.58. The van der Waals surface area contributed by atoms with Crippen LogP contribution in [-0.2, 0) is 4.74 Å². The molecule has 0 saturated carbocycles. The molecule has 0 aliphatic carbocycles. The summed E-state index contributed by atoms with van der Waals surface area (Å²) in [6.45, 7) is 0.853. The molecule has 1 atom stereocenters. The molecule has 1 aliphatic rings. The molecule has 1 N–H and O–H groups in total. The zero-order valence-corrected chi connectivity index (χ0v) is 11.5. The van der Waals surface area contributed by atoms with Crippen molar-refractivity contribution < 1.29 is 4.74 Å². The molecule has 0 aromatic heterocycles. The Morgan fingerprint density at radius 1 is 1.38 bits per heavy atom. The van der Waals surface area contributed by atoms with Crippen LogP contribution >= 0.6 is 22.6 Å². The zero-order chi connectivity index (χ0) is 11.4. The molecule has 0 radical (unpaired) electrons. The summed E-state index contributed by atoms with van der Waals surface area (Å²) in [5.74, 6) is 0. The second kappa shape index (κ2) is 5.68. The van der Waals surface area contributed by atoms with Crippen LogP contribution in [0.25, 0.3) is 0 Å². The van der Waals surface area contributed by atoms with Crippen molar-refractivity contribution in [3.63, 3.8) is 0 Å². The standard InChI is InChI=1S/C13H16INO/c1-15-13(10-5-4-8-16-9-10)11-6-2-3-7-12(11)14/h2-3,6-7,9,13,15H,4-5,8H2,1H3. The normalized spacial score (nSPS) is 17.5. The summed E-state index contributed by atoms with van der Waals surface area (Å²) in [6.07, 6.45) is 4.16. The summed E-state index contributed by atoms with van der Waals surface area (Å²) in [6, 6.07) is 8.77. The molecule has 0 spiro atoms. The zero-order valence-electron chi connectivity index (χ0n) is 9.37. The Kier molecular flexibility index (Phi) is 4.23. The van der Waals surface area contributed by atoms with Crippen LogP contribution in [0.3, 0.4) is 0 Å². The van der Waals surface area contributed by atoms with Gasteiger partial charge in [0.2, 0.25) is 0 Å². The van der Waals surface area contributed by atoms with Gasteiger partial charge in [-0.1, -0.05) is 18.2 Å². The van der Waals surface area contributed by atoms with Gasteiger partial charge in [0.1, 0.15) is 0 Å². The Bertz CT molecular complexity index is 389. The van der Waals surface area contributed by atoms with Crippen LogP contribution in [0, 0.1) is 3.57 Å². The van der Waals surface area contributed by atoms with Crippen molar-refractivity contribution >= 4 is 22.6 Å². The van der Waals surface area contributed by atoms with Gasteiger partial charge in [-0.25, -0.2) is 0 Å². The predicted octanol–water partition coefficient (Wildman–Crippen LogP) is 3.25. The minimum atomic E-state index is 0.286. The Hall–Kier alpha value is -0.550. The summed E-state index contributed by atoms with van der Waals surface area (Å²) < 4.78 is 6.72. The lowest BCUT2D eigenvalue weighted by molar-refractivity contribution is 0.220. The lowest BCUT2D eigenvalue weighted by Crippen LogP contribution is -2.21. The molecule has 0 amide bonds. The molecule has 1 aromatic rings.